The number of fused-ring (bicyclic) bond motifs is 1. The molecule has 3 aromatic rings. The molecule has 0 atom stereocenters. The second-order valence-corrected chi connectivity index (χ2v) is 5.17. The highest BCUT2D eigenvalue weighted by atomic mass is 32.1. The summed E-state index contributed by atoms with van der Waals surface area (Å²) in [6, 6.07) is 16.5. The van der Waals surface area contributed by atoms with Crippen LogP contribution in [-0.4, -0.2) is 16.0 Å². The predicted octanol–water partition coefficient (Wildman–Crippen LogP) is 3.88. The van der Waals surface area contributed by atoms with Gasteiger partial charge >= 0.3 is 0 Å². The fourth-order valence-electron chi connectivity index (χ4n) is 1.80. The molecule has 1 heterocycles. The van der Waals surface area contributed by atoms with Gasteiger partial charge < -0.3 is 9.84 Å². The summed E-state index contributed by atoms with van der Waals surface area (Å²) >= 11 is 1.48. The number of benzene rings is 2. The Kier molecular flexibility index (Phi) is 5.29. The summed E-state index contributed by atoms with van der Waals surface area (Å²) in [6.07, 6.45) is 0. The molecule has 0 aliphatic carbocycles. The van der Waals surface area contributed by atoms with Crippen molar-refractivity contribution in [3.63, 3.8) is 0 Å². The molecular weight excluding hydrogens is 286 g/mol. The first kappa shape index (κ1) is 15.0. The molecule has 108 valence electrons. The smallest absolute Gasteiger partial charge is 0.290 e. The molecule has 4 nitrogen and oxygen atoms in total. The van der Waals surface area contributed by atoms with Crippen molar-refractivity contribution in [2.24, 2.45) is 0 Å². The van der Waals surface area contributed by atoms with Gasteiger partial charge in [-0.3, -0.25) is 4.79 Å². The lowest BCUT2D eigenvalue weighted by Gasteiger charge is -2.04. The number of carbonyl (C=O) groups is 1. The lowest BCUT2D eigenvalue weighted by atomic mass is 10.2. The molecule has 1 N–H and O–H groups in total. The SMILES string of the molecule is Cc1ccc(COc2nsc3ccccc23)cc1.O=CO. The molecule has 2 aromatic carbocycles. The topological polar surface area (TPSA) is 59.4 Å². The molecular formula is C16H15NO3S. The van der Waals surface area contributed by atoms with E-state index in [1.807, 2.05) is 18.2 Å². The summed E-state index contributed by atoms with van der Waals surface area (Å²) in [5.41, 5.74) is 2.43. The number of ether oxygens (including phenoxy) is 1. The molecule has 0 fully saturated rings. The predicted molar refractivity (Wildman–Crippen MR) is 83.8 cm³/mol. The summed E-state index contributed by atoms with van der Waals surface area (Å²) < 4.78 is 11.3. The van der Waals surface area contributed by atoms with Gasteiger partial charge in [-0.2, -0.15) is 4.37 Å². The van der Waals surface area contributed by atoms with Crippen molar-refractivity contribution in [3.05, 3.63) is 59.7 Å². The Morgan fingerprint density at radius 2 is 1.86 bits per heavy atom. The Morgan fingerprint density at radius 1 is 1.19 bits per heavy atom. The van der Waals surface area contributed by atoms with Gasteiger partial charge in [-0.15, -0.1) is 0 Å². The molecule has 0 aliphatic rings. The first-order chi connectivity index (χ1) is 10.2. The van der Waals surface area contributed by atoms with Crippen molar-refractivity contribution in [2.75, 3.05) is 0 Å². The third-order valence-electron chi connectivity index (χ3n) is 2.84. The minimum absolute atomic E-state index is 0.250. The van der Waals surface area contributed by atoms with Crippen LogP contribution in [0.2, 0.25) is 0 Å². The third-order valence-corrected chi connectivity index (χ3v) is 3.65. The van der Waals surface area contributed by atoms with E-state index in [9.17, 15) is 0 Å². The zero-order valence-corrected chi connectivity index (χ0v) is 12.3. The lowest BCUT2D eigenvalue weighted by Crippen LogP contribution is -1.95. The molecule has 0 amide bonds. The van der Waals surface area contributed by atoms with Gasteiger partial charge in [0.1, 0.15) is 6.61 Å². The Balaban J connectivity index is 0.000000497. The number of carboxylic acid groups (broad SMARTS) is 1. The van der Waals surface area contributed by atoms with Crippen LogP contribution in [0.15, 0.2) is 48.5 Å². The maximum Gasteiger partial charge on any atom is 0.290 e. The van der Waals surface area contributed by atoms with Gasteiger partial charge in [0.25, 0.3) is 6.47 Å². The Hall–Kier alpha value is -2.40. The van der Waals surface area contributed by atoms with Gasteiger partial charge in [-0.05, 0) is 36.2 Å². The van der Waals surface area contributed by atoms with Crippen LogP contribution in [0.4, 0.5) is 0 Å². The van der Waals surface area contributed by atoms with Crippen LogP contribution in [0.1, 0.15) is 11.1 Å². The highest BCUT2D eigenvalue weighted by Gasteiger charge is 2.06. The van der Waals surface area contributed by atoms with E-state index in [0.29, 0.717) is 6.61 Å². The van der Waals surface area contributed by atoms with Gasteiger partial charge in [0, 0.05) is 0 Å². The van der Waals surface area contributed by atoms with E-state index in [0.717, 1.165) is 21.5 Å². The summed E-state index contributed by atoms with van der Waals surface area (Å²) in [7, 11) is 0. The molecule has 0 saturated heterocycles. The number of aryl methyl sites for hydroxylation is 1. The quantitative estimate of drug-likeness (QED) is 0.746. The number of rotatable bonds is 3. The van der Waals surface area contributed by atoms with Gasteiger partial charge in [0.05, 0.1) is 10.1 Å². The van der Waals surface area contributed by atoms with E-state index in [4.69, 9.17) is 14.6 Å². The minimum atomic E-state index is -0.250. The normalized spacial score (nSPS) is 9.76. The Morgan fingerprint density at radius 3 is 2.57 bits per heavy atom. The van der Waals surface area contributed by atoms with Crippen LogP contribution in [-0.2, 0) is 11.4 Å². The molecule has 3 rings (SSSR count). The molecule has 1 aromatic heterocycles. The highest BCUT2D eigenvalue weighted by Crippen LogP contribution is 2.28. The van der Waals surface area contributed by atoms with Gasteiger partial charge in [-0.1, -0.05) is 42.0 Å². The van der Waals surface area contributed by atoms with Crippen molar-refractivity contribution in [3.8, 4) is 5.88 Å². The second-order valence-electron chi connectivity index (χ2n) is 4.36. The summed E-state index contributed by atoms with van der Waals surface area (Å²) in [5, 5.41) is 7.98. The Bertz CT molecular complexity index is 707. The summed E-state index contributed by atoms with van der Waals surface area (Å²) in [5.74, 6) is 0.733. The first-order valence-corrected chi connectivity index (χ1v) is 7.12. The van der Waals surface area contributed by atoms with Crippen LogP contribution in [0, 0.1) is 6.92 Å². The van der Waals surface area contributed by atoms with Crippen LogP contribution in [0.5, 0.6) is 5.88 Å². The van der Waals surface area contributed by atoms with Crippen molar-refractivity contribution in [1.82, 2.24) is 4.37 Å². The molecule has 0 aliphatic heterocycles. The molecule has 21 heavy (non-hydrogen) atoms. The minimum Gasteiger partial charge on any atom is -0.483 e. The van der Waals surface area contributed by atoms with Crippen LogP contribution in [0.25, 0.3) is 10.1 Å². The molecule has 0 unspecified atom stereocenters. The fourth-order valence-corrected chi connectivity index (χ4v) is 2.53. The second kappa shape index (κ2) is 7.40. The highest BCUT2D eigenvalue weighted by molar-refractivity contribution is 7.13. The first-order valence-electron chi connectivity index (χ1n) is 6.35. The van der Waals surface area contributed by atoms with Crippen LogP contribution >= 0.6 is 11.5 Å². The van der Waals surface area contributed by atoms with Crippen molar-refractivity contribution >= 4 is 28.1 Å². The van der Waals surface area contributed by atoms with Crippen LogP contribution in [0.3, 0.4) is 0 Å². The van der Waals surface area contributed by atoms with Crippen molar-refractivity contribution in [2.45, 2.75) is 13.5 Å². The average Bonchev–Trinajstić information content (AvgIpc) is 2.91. The van der Waals surface area contributed by atoms with Crippen LogP contribution < -0.4 is 4.74 Å². The number of nitrogens with zero attached hydrogens (tertiary/aromatic N) is 1. The number of aromatic nitrogens is 1. The standard InChI is InChI=1S/C15H13NOS.CH2O2/c1-11-6-8-12(9-7-11)10-17-15-13-4-2-3-5-14(13)18-16-15;2-1-3/h2-9H,10H2,1H3;1H,(H,2,3). The Labute approximate surface area is 126 Å². The van der Waals surface area contributed by atoms with E-state index in [-0.39, 0.29) is 6.47 Å². The van der Waals surface area contributed by atoms with Crippen molar-refractivity contribution < 1.29 is 14.6 Å². The largest absolute Gasteiger partial charge is 0.483 e. The number of hydrogen-bond donors (Lipinski definition) is 1. The monoisotopic (exact) mass is 301 g/mol. The lowest BCUT2D eigenvalue weighted by molar-refractivity contribution is -0.122. The maximum absolute atomic E-state index is 8.36. The van der Waals surface area contributed by atoms with E-state index in [2.05, 4.69) is 41.6 Å². The van der Waals surface area contributed by atoms with Gasteiger partial charge in [0.2, 0.25) is 5.88 Å². The summed E-state index contributed by atoms with van der Waals surface area (Å²) in [4.78, 5) is 8.36. The summed E-state index contributed by atoms with van der Waals surface area (Å²) in [6.45, 7) is 2.40. The molecule has 0 bridgehead atoms. The van der Waals surface area contributed by atoms with Gasteiger partial charge in [-0.25, -0.2) is 0 Å². The van der Waals surface area contributed by atoms with E-state index in [1.54, 1.807) is 0 Å². The van der Waals surface area contributed by atoms with E-state index < -0.39 is 0 Å². The third kappa shape index (κ3) is 4.03. The van der Waals surface area contributed by atoms with E-state index >= 15 is 0 Å². The number of hydrogen-bond acceptors (Lipinski definition) is 4. The molecule has 0 spiro atoms. The average molecular weight is 301 g/mol. The van der Waals surface area contributed by atoms with Crippen molar-refractivity contribution in [1.29, 1.82) is 0 Å². The zero-order valence-electron chi connectivity index (χ0n) is 11.5. The molecule has 0 saturated carbocycles. The zero-order chi connectivity index (χ0) is 15.1. The van der Waals surface area contributed by atoms with E-state index in [1.165, 1.54) is 17.1 Å². The molecule has 5 heteroatoms. The fraction of sp³-hybridized carbons (Fsp3) is 0.125. The molecule has 0 radical (unpaired) electrons. The van der Waals surface area contributed by atoms with Gasteiger partial charge in [0.15, 0.2) is 0 Å². The maximum atomic E-state index is 8.36.